The molecule has 0 spiro atoms. The van der Waals surface area contributed by atoms with E-state index in [4.69, 9.17) is 13.9 Å². The summed E-state index contributed by atoms with van der Waals surface area (Å²) in [6.45, 7) is 0.211. The van der Waals surface area contributed by atoms with Gasteiger partial charge in [0.05, 0.1) is 7.11 Å². The normalized spacial score (nSPS) is 12.4. The molecule has 20 heavy (non-hydrogen) atoms. The van der Waals surface area contributed by atoms with E-state index < -0.39 is 0 Å². The minimum atomic E-state index is -0.349. The molecule has 7 nitrogen and oxygen atoms in total. The SMILES string of the molecule is COC(=O)CSc1nnc(-c2ccc3c(c2)OCO3)o1. The fraction of sp³-hybridized carbons (Fsp3) is 0.250. The smallest absolute Gasteiger partial charge is 0.316 e. The Kier molecular flexibility index (Phi) is 3.46. The maximum atomic E-state index is 11.0. The molecule has 0 unspecified atom stereocenters. The summed E-state index contributed by atoms with van der Waals surface area (Å²) >= 11 is 1.12. The van der Waals surface area contributed by atoms with Crippen LogP contribution in [-0.2, 0) is 9.53 Å². The van der Waals surface area contributed by atoms with Gasteiger partial charge in [0.25, 0.3) is 5.22 Å². The third kappa shape index (κ3) is 2.55. The Morgan fingerprint density at radius 3 is 3.05 bits per heavy atom. The molecule has 104 valence electrons. The summed E-state index contributed by atoms with van der Waals surface area (Å²) in [7, 11) is 1.33. The van der Waals surface area contributed by atoms with Gasteiger partial charge in [-0.1, -0.05) is 11.8 Å². The zero-order chi connectivity index (χ0) is 13.9. The van der Waals surface area contributed by atoms with Crippen molar-refractivity contribution in [1.82, 2.24) is 10.2 Å². The molecule has 0 bridgehead atoms. The van der Waals surface area contributed by atoms with E-state index in [1.165, 1.54) is 7.11 Å². The summed E-state index contributed by atoms with van der Waals surface area (Å²) in [4.78, 5) is 11.0. The van der Waals surface area contributed by atoms with Crippen molar-refractivity contribution >= 4 is 17.7 Å². The number of nitrogens with zero attached hydrogens (tertiary/aromatic N) is 2. The Morgan fingerprint density at radius 1 is 1.35 bits per heavy atom. The van der Waals surface area contributed by atoms with Crippen LogP contribution in [0.1, 0.15) is 0 Å². The molecule has 0 radical (unpaired) electrons. The van der Waals surface area contributed by atoms with Gasteiger partial charge in [0.15, 0.2) is 11.5 Å². The van der Waals surface area contributed by atoms with Crippen LogP contribution < -0.4 is 9.47 Å². The van der Waals surface area contributed by atoms with Crippen molar-refractivity contribution in [2.75, 3.05) is 19.7 Å². The number of aromatic nitrogens is 2. The Hall–Kier alpha value is -2.22. The molecule has 2 heterocycles. The number of esters is 1. The predicted molar refractivity (Wildman–Crippen MR) is 68.6 cm³/mol. The van der Waals surface area contributed by atoms with Crippen molar-refractivity contribution in [3.05, 3.63) is 18.2 Å². The first-order chi connectivity index (χ1) is 9.76. The number of carbonyl (C=O) groups excluding carboxylic acids is 1. The lowest BCUT2D eigenvalue weighted by molar-refractivity contribution is -0.137. The number of methoxy groups -OCH3 is 1. The maximum absolute atomic E-state index is 11.0. The molecule has 0 aliphatic carbocycles. The predicted octanol–water partition coefficient (Wildman–Crippen LogP) is 1.73. The number of fused-ring (bicyclic) bond motifs is 1. The highest BCUT2D eigenvalue weighted by atomic mass is 32.2. The molecule has 1 aliphatic rings. The van der Waals surface area contributed by atoms with E-state index >= 15 is 0 Å². The Morgan fingerprint density at radius 2 is 2.20 bits per heavy atom. The molecule has 0 fully saturated rings. The van der Waals surface area contributed by atoms with Crippen molar-refractivity contribution in [3.63, 3.8) is 0 Å². The first kappa shape index (κ1) is 12.8. The Balaban J connectivity index is 1.74. The van der Waals surface area contributed by atoms with Gasteiger partial charge in [0, 0.05) is 5.56 Å². The van der Waals surface area contributed by atoms with Gasteiger partial charge in [-0.3, -0.25) is 4.79 Å². The highest BCUT2D eigenvalue weighted by molar-refractivity contribution is 7.99. The lowest BCUT2D eigenvalue weighted by Crippen LogP contribution is -2.02. The summed E-state index contributed by atoms with van der Waals surface area (Å²) in [5.41, 5.74) is 0.728. The Bertz CT molecular complexity index is 643. The molecular formula is C12H10N2O5S. The van der Waals surface area contributed by atoms with Crippen LogP contribution in [0.5, 0.6) is 11.5 Å². The summed E-state index contributed by atoms with van der Waals surface area (Å²) < 4.78 is 20.5. The average Bonchev–Trinajstić information content (AvgIpc) is 3.12. The highest BCUT2D eigenvalue weighted by Crippen LogP contribution is 2.35. The topological polar surface area (TPSA) is 83.7 Å². The van der Waals surface area contributed by atoms with E-state index in [-0.39, 0.29) is 18.5 Å². The second-order valence-electron chi connectivity index (χ2n) is 3.81. The molecular weight excluding hydrogens is 284 g/mol. The van der Waals surface area contributed by atoms with Gasteiger partial charge in [-0.2, -0.15) is 0 Å². The van der Waals surface area contributed by atoms with E-state index in [0.717, 1.165) is 17.3 Å². The van der Waals surface area contributed by atoms with E-state index in [2.05, 4.69) is 14.9 Å². The molecule has 0 saturated carbocycles. The number of benzene rings is 1. The number of carbonyl (C=O) groups is 1. The number of rotatable bonds is 4. The molecule has 8 heteroatoms. The molecule has 1 aliphatic heterocycles. The standard InChI is InChI=1S/C12H10N2O5S/c1-16-10(15)5-20-12-14-13-11(19-12)7-2-3-8-9(4-7)18-6-17-8/h2-4H,5-6H2,1H3. The van der Waals surface area contributed by atoms with Crippen LogP contribution in [0.4, 0.5) is 0 Å². The zero-order valence-electron chi connectivity index (χ0n) is 10.5. The van der Waals surface area contributed by atoms with Gasteiger partial charge < -0.3 is 18.6 Å². The molecule has 0 saturated heterocycles. The van der Waals surface area contributed by atoms with E-state index in [1.807, 2.05) is 0 Å². The lowest BCUT2D eigenvalue weighted by atomic mass is 10.2. The molecule has 0 amide bonds. The quantitative estimate of drug-likeness (QED) is 0.622. The Labute approximate surface area is 118 Å². The molecule has 2 aromatic rings. The largest absolute Gasteiger partial charge is 0.468 e. The van der Waals surface area contributed by atoms with Crippen LogP contribution in [-0.4, -0.2) is 35.8 Å². The molecule has 0 N–H and O–H groups in total. The third-order valence-corrected chi connectivity index (χ3v) is 3.36. The summed E-state index contributed by atoms with van der Waals surface area (Å²) in [6, 6.07) is 5.35. The highest BCUT2D eigenvalue weighted by Gasteiger charge is 2.17. The second-order valence-corrected chi connectivity index (χ2v) is 4.73. The minimum Gasteiger partial charge on any atom is -0.468 e. The van der Waals surface area contributed by atoms with Crippen LogP contribution >= 0.6 is 11.8 Å². The van der Waals surface area contributed by atoms with Crippen molar-refractivity contribution in [3.8, 4) is 23.0 Å². The van der Waals surface area contributed by atoms with Crippen molar-refractivity contribution in [2.24, 2.45) is 0 Å². The fourth-order valence-electron chi connectivity index (χ4n) is 1.59. The van der Waals surface area contributed by atoms with Gasteiger partial charge >= 0.3 is 5.97 Å². The van der Waals surface area contributed by atoms with Crippen molar-refractivity contribution < 1.29 is 23.4 Å². The summed E-state index contributed by atoms with van der Waals surface area (Å²) in [6.07, 6.45) is 0. The maximum Gasteiger partial charge on any atom is 0.316 e. The van der Waals surface area contributed by atoms with Crippen LogP contribution in [0.2, 0.25) is 0 Å². The zero-order valence-corrected chi connectivity index (χ0v) is 11.3. The number of hydrogen-bond donors (Lipinski definition) is 0. The fourth-order valence-corrected chi connectivity index (χ4v) is 2.19. The summed E-state index contributed by atoms with van der Waals surface area (Å²) in [5, 5.41) is 8.10. The van der Waals surface area contributed by atoms with Crippen molar-refractivity contribution in [1.29, 1.82) is 0 Å². The van der Waals surface area contributed by atoms with Crippen LogP contribution in [0, 0.1) is 0 Å². The van der Waals surface area contributed by atoms with Crippen molar-refractivity contribution in [2.45, 2.75) is 5.22 Å². The van der Waals surface area contributed by atoms with Gasteiger partial charge in [0.1, 0.15) is 5.75 Å². The van der Waals surface area contributed by atoms with Crippen LogP contribution in [0.25, 0.3) is 11.5 Å². The van der Waals surface area contributed by atoms with E-state index in [1.54, 1.807) is 18.2 Å². The molecule has 0 atom stereocenters. The van der Waals surface area contributed by atoms with Crippen LogP contribution in [0.3, 0.4) is 0 Å². The molecule has 1 aromatic heterocycles. The van der Waals surface area contributed by atoms with Gasteiger partial charge in [-0.25, -0.2) is 0 Å². The first-order valence-corrected chi connectivity index (χ1v) is 6.68. The second kappa shape index (κ2) is 5.41. The van der Waals surface area contributed by atoms with Crippen LogP contribution in [0.15, 0.2) is 27.8 Å². The first-order valence-electron chi connectivity index (χ1n) is 5.69. The van der Waals surface area contributed by atoms with Gasteiger partial charge in [-0.05, 0) is 18.2 Å². The van der Waals surface area contributed by atoms with Gasteiger partial charge in [-0.15, -0.1) is 10.2 Å². The van der Waals surface area contributed by atoms with E-state index in [0.29, 0.717) is 22.6 Å². The van der Waals surface area contributed by atoms with E-state index in [9.17, 15) is 4.79 Å². The van der Waals surface area contributed by atoms with Gasteiger partial charge in [0.2, 0.25) is 12.7 Å². The molecule has 1 aromatic carbocycles. The number of hydrogen-bond acceptors (Lipinski definition) is 8. The lowest BCUT2D eigenvalue weighted by Gasteiger charge is -1.98. The minimum absolute atomic E-state index is 0.124. The number of ether oxygens (including phenoxy) is 3. The average molecular weight is 294 g/mol. The molecule has 3 rings (SSSR count). The number of thioether (sulfide) groups is 1. The summed E-state index contributed by atoms with van der Waals surface area (Å²) in [5.74, 6) is 1.46. The monoisotopic (exact) mass is 294 g/mol. The third-order valence-electron chi connectivity index (χ3n) is 2.57.